The van der Waals surface area contributed by atoms with Crippen LogP contribution in [0.15, 0.2) is 30.3 Å². The Bertz CT molecular complexity index is 587. The van der Waals surface area contributed by atoms with Crippen LogP contribution in [-0.2, 0) is 4.74 Å². The van der Waals surface area contributed by atoms with Crippen LogP contribution < -0.4 is 4.90 Å². The van der Waals surface area contributed by atoms with Gasteiger partial charge < -0.3 is 9.64 Å². The zero-order chi connectivity index (χ0) is 13.2. The highest BCUT2D eigenvalue weighted by molar-refractivity contribution is 9.09. The number of morpholine rings is 1. The molecule has 2 heterocycles. The van der Waals surface area contributed by atoms with Crippen LogP contribution in [0.5, 0.6) is 0 Å². The number of ether oxygens (including phenoxy) is 1. The van der Waals surface area contributed by atoms with Crippen LogP contribution in [0.1, 0.15) is 5.56 Å². The van der Waals surface area contributed by atoms with E-state index >= 15 is 0 Å². The van der Waals surface area contributed by atoms with Gasteiger partial charge in [0.1, 0.15) is 5.82 Å². The lowest BCUT2D eigenvalue weighted by Crippen LogP contribution is -2.43. The predicted octanol–water partition coefficient (Wildman–Crippen LogP) is 3.14. The zero-order valence-electron chi connectivity index (χ0n) is 11.0. The van der Waals surface area contributed by atoms with Gasteiger partial charge in [-0.15, -0.1) is 0 Å². The molecule has 0 bridgehead atoms. The van der Waals surface area contributed by atoms with Crippen LogP contribution in [0.3, 0.4) is 0 Å². The Labute approximate surface area is 121 Å². The number of benzene rings is 1. The van der Waals surface area contributed by atoms with Gasteiger partial charge in [0.05, 0.1) is 18.2 Å². The van der Waals surface area contributed by atoms with Crippen molar-refractivity contribution in [2.45, 2.75) is 13.0 Å². The topological polar surface area (TPSA) is 25.4 Å². The summed E-state index contributed by atoms with van der Waals surface area (Å²) in [6.45, 7) is 4.71. The summed E-state index contributed by atoms with van der Waals surface area (Å²) in [6, 6.07) is 10.5. The van der Waals surface area contributed by atoms with E-state index in [2.05, 4.69) is 52.0 Å². The van der Waals surface area contributed by atoms with Gasteiger partial charge in [0.2, 0.25) is 0 Å². The monoisotopic (exact) mass is 320 g/mol. The number of nitrogens with zero attached hydrogens (tertiary/aromatic N) is 2. The Morgan fingerprint density at radius 2 is 2.26 bits per heavy atom. The van der Waals surface area contributed by atoms with Crippen molar-refractivity contribution in [2.75, 3.05) is 29.9 Å². The number of rotatable bonds is 2. The minimum Gasteiger partial charge on any atom is -0.374 e. The van der Waals surface area contributed by atoms with Gasteiger partial charge in [-0.3, -0.25) is 0 Å². The number of hydrogen-bond donors (Lipinski definition) is 0. The molecule has 0 spiro atoms. The summed E-state index contributed by atoms with van der Waals surface area (Å²) in [6.07, 6.45) is 0.251. The molecule has 0 radical (unpaired) electrons. The van der Waals surface area contributed by atoms with Crippen LogP contribution in [0.2, 0.25) is 0 Å². The maximum atomic E-state index is 5.69. The highest BCUT2D eigenvalue weighted by atomic mass is 79.9. The second-order valence-electron chi connectivity index (χ2n) is 4.91. The predicted molar refractivity (Wildman–Crippen MR) is 82.2 cm³/mol. The van der Waals surface area contributed by atoms with E-state index in [1.165, 1.54) is 10.9 Å². The third-order valence-electron chi connectivity index (χ3n) is 3.50. The van der Waals surface area contributed by atoms with E-state index in [-0.39, 0.29) is 6.10 Å². The Morgan fingerprint density at radius 3 is 3.11 bits per heavy atom. The van der Waals surface area contributed by atoms with Crippen molar-refractivity contribution < 1.29 is 4.74 Å². The Morgan fingerprint density at radius 1 is 1.42 bits per heavy atom. The third kappa shape index (κ3) is 2.60. The minimum absolute atomic E-state index is 0.251. The highest BCUT2D eigenvalue weighted by Crippen LogP contribution is 2.24. The average Bonchev–Trinajstić information content (AvgIpc) is 2.46. The normalized spacial score (nSPS) is 19.9. The number of hydrogen-bond acceptors (Lipinski definition) is 3. The van der Waals surface area contributed by atoms with Crippen molar-refractivity contribution in [3.63, 3.8) is 0 Å². The molecule has 1 aromatic heterocycles. The van der Waals surface area contributed by atoms with Crippen molar-refractivity contribution in [3.05, 3.63) is 35.9 Å². The van der Waals surface area contributed by atoms with Crippen LogP contribution in [0, 0.1) is 6.92 Å². The number of pyridine rings is 1. The molecular formula is C15H17BrN2O. The standard InChI is InChI=1S/C15H17BrN2O/c1-11-8-12-4-2-3-5-14(12)17-15(11)18-6-7-19-13(9-16)10-18/h2-5,8,13H,6-7,9-10H2,1H3. The fourth-order valence-electron chi connectivity index (χ4n) is 2.54. The third-order valence-corrected chi connectivity index (χ3v) is 4.22. The van der Waals surface area contributed by atoms with Crippen LogP contribution in [0.4, 0.5) is 5.82 Å². The van der Waals surface area contributed by atoms with E-state index in [4.69, 9.17) is 9.72 Å². The first-order valence-corrected chi connectivity index (χ1v) is 7.69. The average molecular weight is 321 g/mol. The van der Waals surface area contributed by atoms with E-state index in [1.54, 1.807) is 0 Å². The molecule has 0 N–H and O–H groups in total. The van der Waals surface area contributed by atoms with Gasteiger partial charge in [0, 0.05) is 23.8 Å². The molecule has 4 heteroatoms. The van der Waals surface area contributed by atoms with Gasteiger partial charge >= 0.3 is 0 Å². The Kier molecular flexibility index (Phi) is 3.71. The molecule has 1 unspecified atom stereocenters. The number of anilines is 1. The molecule has 3 rings (SSSR count). The molecule has 1 atom stereocenters. The van der Waals surface area contributed by atoms with Crippen molar-refractivity contribution in [1.29, 1.82) is 0 Å². The molecular weight excluding hydrogens is 304 g/mol. The number of alkyl halides is 1. The van der Waals surface area contributed by atoms with Crippen LogP contribution in [0.25, 0.3) is 10.9 Å². The number of fused-ring (bicyclic) bond motifs is 1. The quantitative estimate of drug-likeness (QED) is 0.795. The molecule has 1 fully saturated rings. The minimum atomic E-state index is 0.251. The van der Waals surface area contributed by atoms with E-state index < -0.39 is 0 Å². The maximum Gasteiger partial charge on any atom is 0.132 e. The zero-order valence-corrected chi connectivity index (χ0v) is 12.6. The largest absolute Gasteiger partial charge is 0.374 e. The molecule has 2 aromatic rings. The number of aryl methyl sites for hydroxylation is 1. The van der Waals surface area contributed by atoms with Crippen molar-refractivity contribution in [3.8, 4) is 0 Å². The van der Waals surface area contributed by atoms with Gasteiger partial charge in [-0.2, -0.15) is 0 Å². The van der Waals surface area contributed by atoms with Gasteiger partial charge in [0.25, 0.3) is 0 Å². The molecule has 1 saturated heterocycles. The molecule has 1 aliphatic rings. The van der Waals surface area contributed by atoms with Gasteiger partial charge in [-0.25, -0.2) is 4.98 Å². The lowest BCUT2D eigenvalue weighted by Gasteiger charge is -2.33. The summed E-state index contributed by atoms with van der Waals surface area (Å²) in [5.74, 6) is 1.09. The summed E-state index contributed by atoms with van der Waals surface area (Å²) in [5.41, 5.74) is 2.29. The van der Waals surface area contributed by atoms with E-state index in [0.717, 1.165) is 36.4 Å². The molecule has 19 heavy (non-hydrogen) atoms. The lowest BCUT2D eigenvalue weighted by molar-refractivity contribution is 0.0568. The second kappa shape index (κ2) is 5.47. The van der Waals surface area contributed by atoms with Crippen molar-refractivity contribution >= 4 is 32.7 Å². The summed E-state index contributed by atoms with van der Waals surface area (Å²) >= 11 is 3.50. The maximum absolute atomic E-state index is 5.69. The van der Waals surface area contributed by atoms with E-state index in [0.29, 0.717) is 0 Å². The molecule has 1 aliphatic heterocycles. The molecule has 1 aromatic carbocycles. The summed E-state index contributed by atoms with van der Waals surface area (Å²) in [5, 5.41) is 2.07. The molecule has 0 aliphatic carbocycles. The first kappa shape index (κ1) is 12.9. The summed E-state index contributed by atoms with van der Waals surface area (Å²) < 4.78 is 5.69. The molecule has 0 saturated carbocycles. The van der Waals surface area contributed by atoms with Crippen molar-refractivity contribution in [1.82, 2.24) is 4.98 Å². The molecule has 0 amide bonds. The van der Waals surface area contributed by atoms with E-state index in [1.807, 2.05) is 6.07 Å². The Hall–Kier alpha value is -1.13. The SMILES string of the molecule is Cc1cc2ccccc2nc1N1CCOC(CBr)C1. The van der Waals surface area contributed by atoms with Gasteiger partial charge in [-0.1, -0.05) is 34.1 Å². The van der Waals surface area contributed by atoms with E-state index in [9.17, 15) is 0 Å². The Balaban J connectivity index is 1.97. The number of halogens is 1. The first-order valence-electron chi connectivity index (χ1n) is 6.57. The smallest absolute Gasteiger partial charge is 0.132 e. The lowest BCUT2D eigenvalue weighted by atomic mass is 10.1. The van der Waals surface area contributed by atoms with Gasteiger partial charge in [0.15, 0.2) is 0 Å². The number of aromatic nitrogens is 1. The first-order chi connectivity index (χ1) is 9.28. The summed E-state index contributed by atoms with van der Waals surface area (Å²) in [4.78, 5) is 7.15. The van der Waals surface area contributed by atoms with Crippen molar-refractivity contribution in [2.24, 2.45) is 0 Å². The highest BCUT2D eigenvalue weighted by Gasteiger charge is 2.21. The van der Waals surface area contributed by atoms with Crippen LogP contribution >= 0.6 is 15.9 Å². The molecule has 100 valence electrons. The fourth-order valence-corrected chi connectivity index (χ4v) is 2.93. The summed E-state index contributed by atoms with van der Waals surface area (Å²) in [7, 11) is 0. The van der Waals surface area contributed by atoms with Crippen LogP contribution in [-0.4, -0.2) is 36.1 Å². The second-order valence-corrected chi connectivity index (χ2v) is 5.56. The molecule has 3 nitrogen and oxygen atoms in total. The fraction of sp³-hybridized carbons (Fsp3) is 0.400. The number of para-hydroxylation sites is 1. The van der Waals surface area contributed by atoms with Gasteiger partial charge in [-0.05, 0) is 24.6 Å².